The average Bonchev–Trinajstić information content (AvgIpc) is 2.81. The van der Waals surface area contributed by atoms with E-state index in [2.05, 4.69) is 11.9 Å². The number of hydrogen-bond acceptors (Lipinski definition) is 7. The number of amides is 1. The molecule has 2 aromatic rings. The van der Waals surface area contributed by atoms with Gasteiger partial charge in [-0.25, -0.2) is 9.78 Å². The Hall–Kier alpha value is -2.30. The fourth-order valence-electron chi connectivity index (χ4n) is 3.98. The maximum atomic E-state index is 12.0. The van der Waals surface area contributed by atoms with Crippen molar-refractivity contribution in [3.05, 3.63) is 58.3 Å². The predicted octanol–water partition coefficient (Wildman–Crippen LogP) is 5.75. The fourth-order valence-corrected chi connectivity index (χ4v) is 7.19. The van der Waals surface area contributed by atoms with E-state index in [-0.39, 0.29) is 23.0 Å². The van der Waals surface area contributed by atoms with Gasteiger partial charge in [0.2, 0.25) is 0 Å². The van der Waals surface area contributed by atoms with Crippen molar-refractivity contribution in [2.75, 3.05) is 11.4 Å². The molecule has 32 heavy (non-hydrogen) atoms. The number of benzene rings is 1. The molecule has 1 atom stereocenters. The lowest BCUT2D eigenvalue weighted by molar-refractivity contribution is -0.385. The van der Waals surface area contributed by atoms with E-state index < -0.39 is 11.0 Å². The molecule has 1 fully saturated rings. The molecule has 2 N–H and O–H groups in total. The third-order valence-electron chi connectivity index (χ3n) is 5.94. The first-order valence-corrected chi connectivity index (χ1v) is 12.7. The van der Waals surface area contributed by atoms with Gasteiger partial charge < -0.3 is 10.2 Å². The Morgan fingerprint density at radius 1 is 1.22 bits per heavy atom. The molecule has 1 aliphatic rings. The van der Waals surface area contributed by atoms with Gasteiger partial charge in [0.15, 0.2) is 0 Å². The summed E-state index contributed by atoms with van der Waals surface area (Å²) in [5.74, 6) is 0.0759. The van der Waals surface area contributed by atoms with Gasteiger partial charge in [0.05, 0.1) is 11.5 Å². The van der Waals surface area contributed by atoms with Gasteiger partial charge in [-0.3, -0.25) is 15.0 Å². The summed E-state index contributed by atoms with van der Waals surface area (Å²) >= 11 is 0. The summed E-state index contributed by atoms with van der Waals surface area (Å²) in [4.78, 5) is 28.0. The Bertz CT molecular complexity index is 918. The van der Waals surface area contributed by atoms with E-state index in [4.69, 9.17) is 0 Å². The standard InChI is InChI=1S/C22H27N3O5S2/c1-16(14-24(21(27)28)18-7-5-17(15-26)6-8-18)22(11-3-2-4-12-22)32-31-20-10-9-19(13-23-20)25(29)30/h5-10,13,16,26H,2-4,11-12,14-15H2,1H3,(H,27,28)/t16-/m1/s1. The number of anilines is 1. The molecule has 8 nitrogen and oxygen atoms in total. The summed E-state index contributed by atoms with van der Waals surface area (Å²) in [7, 11) is 3.21. The van der Waals surface area contributed by atoms with Crippen molar-refractivity contribution in [3.63, 3.8) is 0 Å². The average molecular weight is 478 g/mol. The largest absolute Gasteiger partial charge is 0.465 e. The number of aromatic nitrogens is 1. The van der Waals surface area contributed by atoms with Gasteiger partial charge in [-0.2, -0.15) is 0 Å². The lowest BCUT2D eigenvalue weighted by Crippen LogP contribution is -2.43. The topological polar surface area (TPSA) is 117 Å². The molecular formula is C22H27N3O5S2. The van der Waals surface area contributed by atoms with Crippen LogP contribution in [0.3, 0.4) is 0 Å². The molecule has 1 aromatic carbocycles. The van der Waals surface area contributed by atoms with E-state index in [0.29, 0.717) is 17.3 Å². The second-order valence-electron chi connectivity index (χ2n) is 8.02. The molecule has 0 bridgehead atoms. The zero-order valence-electron chi connectivity index (χ0n) is 17.8. The summed E-state index contributed by atoms with van der Waals surface area (Å²) in [5, 5.41) is 30.7. The van der Waals surface area contributed by atoms with Crippen LogP contribution in [0.25, 0.3) is 0 Å². The Morgan fingerprint density at radius 2 is 1.91 bits per heavy atom. The van der Waals surface area contributed by atoms with Crippen LogP contribution in [-0.2, 0) is 6.61 Å². The zero-order valence-corrected chi connectivity index (χ0v) is 19.5. The van der Waals surface area contributed by atoms with Gasteiger partial charge in [-0.1, -0.05) is 49.1 Å². The molecule has 3 rings (SSSR count). The minimum Gasteiger partial charge on any atom is -0.465 e. The van der Waals surface area contributed by atoms with Crippen molar-refractivity contribution < 1.29 is 19.9 Å². The minimum absolute atomic E-state index is 0.0376. The van der Waals surface area contributed by atoms with Crippen LogP contribution >= 0.6 is 21.6 Å². The predicted molar refractivity (Wildman–Crippen MR) is 127 cm³/mol. The van der Waals surface area contributed by atoms with Crippen LogP contribution < -0.4 is 4.90 Å². The second kappa shape index (κ2) is 11.0. The molecule has 172 valence electrons. The van der Waals surface area contributed by atoms with Gasteiger partial charge in [-0.05, 0) is 53.3 Å². The second-order valence-corrected chi connectivity index (χ2v) is 10.6. The van der Waals surface area contributed by atoms with E-state index in [9.17, 15) is 25.1 Å². The molecule has 10 heteroatoms. The Morgan fingerprint density at radius 3 is 2.44 bits per heavy atom. The van der Waals surface area contributed by atoms with E-state index >= 15 is 0 Å². The van der Waals surface area contributed by atoms with Crippen LogP contribution in [0.15, 0.2) is 47.6 Å². The summed E-state index contributed by atoms with van der Waals surface area (Å²) < 4.78 is -0.120. The van der Waals surface area contributed by atoms with Gasteiger partial charge in [0, 0.05) is 23.0 Å². The lowest BCUT2D eigenvalue weighted by atomic mass is 9.79. The Labute approximate surface area is 195 Å². The molecular weight excluding hydrogens is 450 g/mol. The summed E-state index contributed by atoms with van der Waals surface area (Å²) in [6, 6.07) is 10.0. The molecule has 0 aliphatic heterocycles. The summed E-state index contributed by atoms with van der Waals surface area (Å²) in [5.41, 5.74) is 1.28. The van der Waals surface area contributed by atoms with Crippen LogP contribution in [0, 0.1) is 16.0 Å². The van der Waals surface area contributed by atoms with Gasteiger partial charge in [0.1, 0.15) is 11.2 Å². The van der Waals surface area contributed by atoms with Crippen molar-refractivity contribution >= 4 is 39.1 Å². The molecule has 0 spiro atoms. The quantitative estimate of drug-likeness (QED) is 0.266. The number of rotatable bonds is 9. The van der Waals surface area contributed by atoms with E-state index in [1.165, 1.54) is 34.4 Å². The maximum absolute atomic E-state index is 12.0. The molecule has 1 aromatic heterocycles. The van der Waals surface area contributed by atoms with Gasteiger partial charge in [-0.15, -0.1) is 0 Å². The SMILES string of the molecule is C[C@H](CN(C(=O)O)c1ccc(CO)cc1)C1(SSc2ccc([N+](=O)[O-])cn2)CCCCC1. The number of carbonyl (C=O) groups is 1. The molecule has 0 saturated heterocycles. The molecule has 1 aliphatic carbocycles. The van der Waals surface area contributed by atoms with Crippen LogP contribution in [0.5, 0.6) is 0 Å². The summed E-state index contributed by atoms with van der Waals surface area (Å²) in [6.07, 6.45) is 5.57. The normalized spacial score (nSPS) is 16.3. The molecule has 0 unspecified atom stereocenters. The lowest BCUT2D eigenvalue weighted by Gasteiger charge is -2.42. The van der Waals surface area contributed by atoms with Crippen molar-refractivity contribution in [2.24, 2.45) is 5.92 Å². The maximum Gasteiger partial charge on any atom is 0.411 e. The smallest absolute Gasteiger partial charge is 0.411 e. The van der Waals surface area contributed by atoms with Crippen LogP contribution in [-0.4, -0.2) is 37.5 Å². The van der Waals surface area contributed by atoms with Crippen molar-refractivity contribution in [2.45, 2.75) is 55.4 Å². The van der Waals surface area contributed by atoms with Gasteiger partial charge >= 0.3 is 6.09 Å². The molecule has 0 radical (unpaired) electrons. The summed E-state index contributed by atoms with van der Waals surface area (Å²) in [6.45, 7) is 2.37. The minimum atomic E-state index is -1.01. The van der Waals surface area contributed by atoms with Crippen LogP contribution in [0.2, 0.25) is 0 Å². The van der Waals surface area contributed by atoms with E-state index in [1.54, 1.807) is 41.1 Å². The number of hydrogen-bond donors (Lipinski definition) is 2. The zero-order chi connectivity index (χ0) is 23.1. The van der Waals surface area contributed by atoms with Crippen molar-refractivity contribution in [1.82, 2.24) is 4.98 Å². The molecule has 1 heterocycles. The van der Waals surface area contributed by atoms with E-state index in [0.717, 1.165) is 31.2 Å². The fraction of sp³-hybridized carbons (Fsp3) is 0.455. The Kier molecular flexibility index (Phi) is 8.38. The highest BCUT2D eigenvalue weighted by atomic mass is 33.1. The number of pyridine rings is 1. The van der Waals surface area contributed by atoms with E-state index in [1.807, 2.05) is 0 Å². The monoisotopic (exact) mass is 477 g/mol. The van der Waals surface area contributed by atoms with Crippen LogP contribution in [0.1, 0.15) is 44.6 Å². The first-order valence-electron chi connectivity index (χ1n) is 10.5. The Balaban J connectivity index is 1.75. The molecule has 1 saturated carbocycles. The van der Waals surface area contributed by atoms with Crippen molar-refractivity contribution in [3.8, 4) is 0 Å². The van der Waals surface area contributed by atoms with Crippen molar-refractivity contribution in [1.29, 1.82) is 0 Å². The van der Waals surface area contributed by atoms with Crippen LogP contribution in [0.4, 0.5) is 16.2 Å². The first-order chi connectivity index (χ1) is 15.3. The first kappa shape index (κ1) is 24.3. The number of aliphatic hydroxyl groups excluding tert-OH is 1. The third kappa shape index (κ3) is 5.93. The number of carboxylic acid groups (broad SMARTS) is 1. The highest BCUT2D eigenvalue weighted by molar-refractivity contribution is 8.77. The molecule has 1 amide bonds. The highest BCUT2D eigenvalue weighted by Crippen LogP contribution is 2.52. The number of nitrogens with zero attached hydrogens (tertiary/aromatic N) is 3. The number of aliphatic hydroxyl groups is 1. The third-order valence-corrected chi connectivity index (χ3v) is 9.34. The number of nitro groups is 1. The highest BCUT2D eigenvalue weighted by Gasteiger charge is 2.40. The van der Waals surface area contributed by atoms with Gasteiger partial charge in [0.25, 0.3) is 5.69 Å².